The van der Waals surface area contributed by atoms with Gasteiger partial charge in [0, 0.05) is 36.6 Å². The van der Waals surface area contributed by atoms with Crippen LogP contribution in [0.3, 0.4) is 0 Å². The van der Waals surface area contributed by atoms with Gasteiger partial charge in [0.15, 0.2) is 0 Å². The zero-order valence-electron chi connectivity index (χ0n) is 15.7. The number of hydrogen-bond acceptors (Lipinski definition) is 3. The van der Waals surface area contributed by atoms with Crippen molar-refractivity contribution >= 4 is 5.91 Å². The van der Waals surface area contributed by atoms with E-state index in [9.17, 15) is 4.79 Å². The fraction of sp³-hybridized carbons (Fsp3) is 0.571. The van der Waals surface area contributed by atoms with E-state index in [0.717, 1.165) is 30.0 Å². The number of carbonyl (C=O) groups is 1. The first-order chi connectivity index (χ1) is 12.8. The minimum atomic E-state index is 0.206. The number of rotatable bonds is 8. The zero-order chi connectivity index (χ0) is 18.2. The Balaban J connectivity index is 1.39. The van der Waals surface area contributed by atoms with Crippen LogP contribution < -0.4 is 5.32 Å². The first-order valence-electron chi connectivity index (χ1n) is 9.98. The molecular formula is C21H30N4O. The standard InChI is InChI=1S/C21H30N4O/c1-2-3-4-17-5-7-19(8-6-17)21(26)23-14-16-25-15-11-20(24-25)18-9-12-22-13-10-18/h9-13,15,17,19H,2-8,14,16H2,1H3,(H,23,26). The molecule has 0 aliphatic heterocycles. The highest BCUT2D eigenvalue weighted by molar-refractivity contribution is 5.78. The van der Waals surface area contributed by atoms with E-state index in [2.05, 4.69) is 22.3 Å². The molecule has 5 nitrogen and oxygen atoms in total. The largest absolute Gasteiger partial charge is 0.354 e. The summed E-state index contributed by atoms with van der Waals surface area (Å²) in [5.41, 5.74) is 1.99. The van der Waals surface area contributed by atoms with Gasteiger partial charge in [0.25, 0.3) is 0 Å². The van der Waals surface area contributed by atoms with Crippen molar-refractivity contribution in [2.75, 3.05) is 6.54 Å². The third kappa shape index (κ3) is 5.16. The average molecular weight is 354 g/mol. The average Bonchev–Trinajstić information content (AvgIpc) is 3.16. The Kier molecular flexibility index (Phi) is 6.81. The van der Waals surface area contributed by atoms with Crippen molar-refractivity contribution in [2.24, 2.45) is 11.8 Å². The summed E-state index contributed by atoms with van der Waals surface area (Å²) >= 11 is 0. The summed E-state index contributed by atoms with van der Waals surface area (Å²) in [5.74, 6) is 1.27. The summed E-state index contributed by atoms with van der Waals surface area (Å²) in [6, 6.07) is 5.89. The minimum absolute atomic E-state index is 0.206. The van der Waals surface area contributed by atoms with Gasteiger partial charge in [-0.3, -0.25) is 14.5 Å². The number of carbonyl (C=O) groups excluding carboxylic acids is 1. The van der Waals surface area contributed by atoms with Crippen molar-refractivity contribution in [3.05, 3.63) is 36.8 Å². The van der Waals surface area contributed by atoms with Gasteiger partial charge < -0.3 is 5.32 Å². The van der Waals surface area contributed by atoms with Crippen molar-refractivity contribution < 1.29 is 4.79 Å². The lowest BCUT2D eigenvalue weighted by Gasteiger charge is -2.27. The molecule has 0 saturated heterocycles. The molecule has 0 unspecified atom stereocenters. The van der Waals surface area contributed by atoms with Crippen molar-refractivity contribution in [3.8, 4) is 11.3 Å². The molecule has 2 aromatic rings. The molecule has 0 aromatic carbocycles. The van der Waals surface area contributed by atoms with Crippen LogP contribution in [0.5, 0.6) is 0 Å². The van der Waals surface area contributed by atoms with Crippen LogP contribution in [0.4, 0.5) is 0 Å². The molecule has 1 saturated carbocycles. The molecule has 1 aliphatic carbocycles. The topological polar surface area (TPSA) is 59.8 Å². The van der Waals surface area contributed by atoms with Crippen LogP contribution in [0.15, 0.2) is 36.8 Å². The van der Waals surface area contributed by atoms with Crippen molar-refractivity contribution in [3.63, 3.8) is 0 Å². The molecule has 1 N–H and O–H groups in total. The molecule has 0 atom stereocenters. The van der Waals surface area contributed by atoms with Crippen LogP contribution in [0.2, 0.25) is 0 Å². The second kappa shape index (κ2) is 9.51. The molecule has 3 rings (SSSR count). The third-order valence-corrected chi connectivity index (χ3v) is 5.44. The summed E-state index contributed by atoms with van der Waals surface area (Å²) in [5, 5.41) is 7.66. The number of aromatic nitrogens is 3. The van der Waals surface area contributed by atoms with Gasteiger partial charge in [-0.15, -0.1) is 0 Å². The summed E-state index contributed by atoms with van der Waals surface area (Å²) in [7, 11) is 0. The Bertz CT molecular complexity index is 674. The Morgan fingerprint density at radius 1 is 1.19 bits per heavy atom. The Labute approximate surface area is 156 Å². The molecule has 2 aromatic heterocycles. The molecule has 5 heteroatoms. The van der Waals surface area contributed by atoms with Gasteiger partial charge in [-0.05, 0) is 49.8 Å². The van der Waals surface area contributed by atoms with Crippen LogP contribution in [0.1, 0.15) is 51.9 Å². The fourth-order valence-corrected chi connectivity index (χ4v) is 3.81. The maximum atomic E-state index is 12.4. The first-order valence-corrected chi connectivity index (χ1v) is 9.98. The second-order valence-corrected chi connectivity index (χ2v) is 7.35. The van der Waals surface area contributed by atoms with E-state index in [-0.39, 0.29) is 11.8 Å². The monoisotopic (exact) mass is 354 g/mol. The highest BCUT2D eigenvalue weighted by atomic mass is 16.1. The maximum absolute atomic E-state index is 12.4. The maximum Gasteiger partial charge on any atom is 0.223 e. The molecule has 0 bridgehead atoms. The Morgan fingerprint density at radius 2 is 1.96 bits per heavy atom. The molecule has 2 heterocycles. The van der Waals surface area contributed by atoms with Gasteiger partial charge in [0.2, 0.25) is 5.91 Å². The molecule has 1 amide bonds. The number of nitrogens with zero attached hydrogens (tertiary/aromatic N) is 3. The lowest BCUT2D eigenvalue weighted by molar-refractivity contribution is -0.126. The van der Waals surface area contributed by atoms with Crippen molar-refractivity contribution in [2.45, 2.75) is 58.4 Å². The van der Waals surface area contributed by atoms with E-state index in [1.54, 1.807) is 12.4 Å². The number of amides is 1. The van der Waals surface area contributed by atoms with E-state index >= 15 is 0 Å². The van der Waals surface area contributed by atoms with E-state index in [0.29, 0.717) is 13.1 Å². The second-order valence-electron chi connectivity index (χ2n) is 7.35. The number of pyridine rings is 1. The van der Waals surface area contributed by atoms with Gasteiger partial charge in [-0.2, -0.15) is 5.10 Å². The SMILES string of the molecule is CCCCC1CCC(C(=O)NCCn2ccc(-c3ccncc3)n2)CC1. The van der Waals surface area contributed by atoms with Gasteiger partial charge in [-0.25, -0.2) is 0 Å². The van der Waals surface area contributed by atoms with E-state index in [1.165, 1.54) is 32.1 Å². The summed E-state index contributed by atoms with van der Waals surface area (Å²) in [6.45, 7) is 3.58. The minimum Gasteiger partial charge on any atom is -0.354 e. The number of unbranched alkanes of at least 4 members (excludes halogenated alkanes) is 1. The highest BCUT2D eigenvalue weighted by Crippen LogP contribution is 2.31. The Morgan fingerprint density at radius 3 is 2.69 bits per heavy atom. The molecule has 0 spiro atoms. The number of hydrogen-bond donors (Lipinski definition) is 1. The van der Waals surface area contributed by atoms with Crippen LogP contribution in [0.25, 0.3) is 11.3 Å². The van der Waals surface area contributed by atoms with Crippen LogP contribution in [-0.2, 0) is 11.3 Å². The van der Waals surface area contributed by atoms with Gasteiger partial charge in [0.05, 0.1) is 12.2 Å². The highest BCUT2D eigenvalue weighted by Gasteiger charge is 2.25. The Hall–Kier alpha value is -2.17. The molecule has 140 valence electrons. The molecule has 1 fully saturated rings. The van der Waals surface area contributed by atoms with Crippen molar-refractivity contribution in [1.29, 1.82) is 0 Å². The molecule has 26 heavy (non-hydrogen) atoms. The van der Waals surface area contributed by atoms with Crippen LogP contribution >= 0.6 is 0 Å². The van der Waals surface area contributed by atoms with E-state index in [1.807, 2.05) is 29.1 Å². The number of nitrogens with one attached hydrogen (secondary N) is 1. The smallest absolute Gasteiger partial charge is 0.223 e. The van der Waals surface area contributed by atoms with E-state index < -0.39 is 0 Å². The lowest BCUT2D eigenvalue weighted by atomic mass is 9.79. The first kappa shape index (κ1) is 18.6. The predicted octanol–water partition coefficient (Wildman–Crippen LogP) is 4.06. The summed E-state index contributed by atoms with van der Waals surface area (Å²) < 4.78 is 1.89. The normalized spacial score (nSPS) is 20.0. The molecule has 0 radical (unpaired) electrons. The van der Waals surface area contributed by atoms with Gasteiger partial charge in [0.1, 0.15) is 0 Å². The van der Waals surface area contributed by atoms with Gasteiger partial charge in [-0.1, -0.05) is 26.2 Å². The van der Waals surface area contributed by atoms with E-state index in [4.69, 9.17) is 0 Å². The van der Waals surface area contributed by atoms with Gasteiger partial charge >= 0.3 is 0 Å². The molecular weight excluding hydrogens is 324 g/mol. The van der Waals surface area contributed by atoms with Crippen LogP contribution in [0, 0.1) is 11.8 Å². The zero-order valence-corrected chi connectivity index (χ0v) is 15.7. The predicted molar refractivity (Wildman–Crippen MR) is 103 cm³/mol. The fourth-order valence-electron chi connectivity index (χ4n) is 3.81. The molecule has 1 aliphatic rings. The quantitative estimate of drug-likeness (QED) is 0.778. The van der Waals surface area contributed by atoms with Crippen LogP contribution in [-0.4, -0.2) is 27.2 Å². The summed E-state index contributed by atoms with van der Waals surface area (Å²) in [4.78, 5) is 16.4. The summed E-state index contributed by atoms with van der Waals surface area (Å²) in [6.07, 6.45) is 14.0. The third-order valence-electron chi connectivity index (χ3n) is 5.44. The lowest BCUT2D eigenvalue weighted by Crippen LogP contribution is -2.35. The van der Waals surface area contributed by atoms with Crippen molar-refractivity contribution in [1.82, 2.24) is 20.1 Å².